The Morgan fingerprint density at radius 1 is 1.10 bits per heavy atom. The SMILES string of the molecule is Fc1cc(C(F)(F)F)ccc1[C@@H](C1CC1)N1CCCC1. The second-order valence-electron chi connectivity index (χ2n) is 5.76. The molecule has 2 fully saturated rings. The van der Waals surface area contributed by atoms with E-state index in [9.17, 15) is 17.6 Å². The van der Waals surface area contributed by atoms with Crippen LogP contribution >= 0.6 is 0 Å². The lowest BCUT2D eigenvalue weighted by Crippen LogP contribution is -2.28. The van der Waals surface area contributed by atoms with E-state index in [1.165, 1.54) is 6.07 Å². The molecule has 1 aliphatic carbocycles. The van der Waals surface area contributed by atoms with Gasteiger partial charge in [-0.25, -0.2) is 4.39 Å². The van der Waals surface area contributed by atoms with E-state index < -0.39 is 17.6 Å². The van der Waals surface area contributed by atoms with Gasteiger partial charge in [-0.15, -0.1) is 0 Å². The summed E-state index contributed by atoms with van der Waals surface area (Å²) in [5.41, 5.74) is -0.475. The van der Waals surface area contributed by atoms with Gasteiger partial charge < -0.3 is 0 Å². The minimum absolute atomic E-state index is 0.0419. The summed E-state index contributed by atoms with van der Waals surface area (Å²) in [6.45, 7) is 1.84. The molecule has 1 saturated carbocycles. The Bertz CT molecular complexity index is 487. The van der Waals surface area contributed by atoms with Crippen LogP contribution in [0.25, 0.3) is 0 Å². The van der Waals surface area contributed by atoms with Crippen LogP contribution < -0.4 is 0 Å². The second kappa shape index (κ2) is 5.02. The summed E-state index contributed by atoms with van der Waals surface area (Å²) in [6, 6.07) is 2.93. The number of rotatable bonds is 3. The van der Waals surface area contributed by atoms with Crippen molar-refractivity contribution in [3.05, 3.63) is 35.1 Å². The zero-order valence-electron chi connectivity index (χ0n) is 11.1. The second-order valence-corrected chi connectivity index (χ2v) is 5.76. The van der Waals surface area contributed by atoms with Crippen molar-refractivity contribution in [2.45, 2.75) is 37.9 Å². The maximum absolute atomic E-state index is 14.1. The zero-order valence-corrected chi connectivity index (χ0v) is 11.1. The number of hydrogen-bond acceptors (Lipinski definition) is 1. The summed E-state index contributed by atoms with van der Waals surface area (Å²) in [5, 5.41) is 0. The van der Waals surface area contributed by atoms with E-state index in [2.05, 4.69) is 4.90 Å². The van der Waals surface area contributed by atoms with Crippen molar-refractivity contribution in [3.63, 3.8) is 0 Å². The number of hydrogen-bond donors (Lipinski definition) is 0. The fraction of sp³-hybridized carbons (Fsp3) is 0.600. The third-order valence-corrected chi connectivity index (χ3v) is 4.25. The molecule has 1 atom stereocenters. The summed E-state index contributed by atoms with van der Waals surface area (Å²) in [5.74, 6) is -0.317. The van der Waals surface area contributed by atoms with E-state index >= 15 is 0 Å². The first kappa shape index (κ1) is 13.9. The third kappa shape index (κ3) is 2.68. The maximum Gasteiger partial charge on any atom is 0.416 e. The van der Waals surface area contributed by atoms with E-state index in [-0.39, 0.29) is 6.04 Å². The molecule has 0 unspecified atom stereocenters. The van der Waals surface area contributed by atoms with Gasteiger partial charge >= 0.3 is 6.18 Å². The molecule has 1 nitrogen and oxygen atoms in total. The molecule has 0 bridgehead atoms. The Morgan fingerprint density at radius 2 is 1.75 bits per heavy atom. The number of likely N-dealkylation sites (tertiary alicyclic amines) is 1. The molecular formula is C15H17F4N. The first-order valence-corrected chi connectivity index (χ1v) is 7.07. The van der Waals surface area contributed by atoms with Gasteiger partial charge in [0.15, 0.2) is 0 Å². The van der Waals surface area contributed by atoms with Crippen molar-refractivity contribution in [1.29, 1.82) is 0 Å². The van der Waals surface area contributed by atoms with Gasteiger partial charge in [-0.05, 0) is 56.8 Å². The highest BCUT2D eigenvalue weighted by molar-refractivity contribution is 5.30. The molecule has 1 heterocycles. The number of nitrogens with zero attached hydrogens (tertiary/aromatic N) is 1. The number of alkyl halides is 3. The van der Waals surface area contributed by atoms with Gasteiger partial charge in [-0.2, -0.15) is 13.2 Å². The molecule has 0 radical (unpaired) electrons. The first-order chi connectivity index (χ1) is 9.47. The summed E-state index contributed by atoms with van der Waals surface area (Å²) in [6.07, 6.45) is -0.220. The molecule has 0 amide bonds. The molecule has 0 N–H and O–H groups in total. The molecule has 0 spiro atoms. The first-order valence-electron chi connectivity index (χ1n) is 7.07. The standard InChI is InChI=1S/C15H17F4N/c16-13-9-11(15(17,18)19)5-6-12(13)14(10-3-4-10)20-7-1-2-8-20/h5-6,9-10,14H,1-4,7-8H2/t14-/m1/s1. The van der Waals surface area contributed by atoms with Crippen LogP contribution in [0.2, 0.25) is 0 Å². The average molecular weight is 287 g/mol. The molecule has 2 aliphatic rings. The molecule has 1 saturated heterocycles. The Morgan fingerprint density at radius 3 is 2.25 bits per heavy atom. The van der Waals surface area contributed by atoms with E-state index in [1.807, 2.05) is 0 Å². The van der Waals surface area contributed by atoms with E-state index in [0.29, 0.717) is 17.5 Å². The third-order valence-electron chi connectivity index (χ3n) is 4.25. The zero-order chi connectivity index (χ0) is 14.3. The van der Waals surface area contributed by atoms with Crippen LogP contribution in [0.1, 0.15) is 42.9 Å². The minimum atomic E-state index is -4.48. The lowest BCUT2D eigenvalue weighted by atomic mass is 9.98. The van der Waals surface area contributed by atoms with Crippen LogP contribution in [0.4, 0.5) is 17.6 Å². The minimum Gasteiger partial charge on any atom is -0.296 e. The predicted molar refractivity (Wildman–Crippen MR) is 67.7 cm³/mol. The van der Waals surface area contributed by atoms with Gasteiger partial charge in [-0.3, -0.25) is 4.90 Å². The Labute approximate surface area is 115 Å². The van der Waals surface area contributed by atoms with Crippen LogP contribution in [0.3, 0.4) is 0 Å². The summed E-state index contributed by atoms with van der Waals surface area (Å²) < 4.78 is 51.9. The maximum atomic E-state index is 14.1. The normalized spacial score (nSPS) is 22.2. The van der Waals surface area contributed by atoms with E-state index in [1.54, 1.807) is 0 Å². The van der Waals surface area contributed by atoms with Crippen LogP contribution in [0, 0.1) is 11.7 Å². The molecular weight excluding hydrogens is 270 g/mol. The van der Waals surface area contributed by atoms with Gasteiger partial charge in [0, 0.05) is 11.6 Å². The lowest BCUT2D eigenvalue weighted by Gasteiger charge is -2.28. The Hall–Kier alpha value is -1.10. The van der Waals surface area contributed by atoms with E-state index in [4.69, 9.17) is 0 Å². The van der Waals surface area contributed by atoms with Gasteiger partial charge in [0.05, 0.1) is 5.56 Å². The molecule has 5 heteroatoms. The van der Waals surface area contributed by atoms with Crippen molar-refractivity contribution in [1.82, 2.24) is 4.90 Å². The smallest absolute Gasteiger partial charge is 0.296 e. The van der Waals surface area contributed by atoms with Crippen molar-refractivity contribution >= 4 is 0 Å². The van der Waals surface area contributed by atoms with Crippen molar-refractivity contribution in [2.24, 2.45) is 5.92 Å². The predicted octanol–water partition coefficient (Wildman–Crippen LogP) is 4.39. The summed E-state index contributed by atoms with van der Waals surface area (Å²) >= 11 is 0. The van der Waals surface area contributed by atoms with Gasteiger partial charge in [0.2, 0.25) is 0 Å². The van der Waals surface area contributed by atoms with Crippen LogP contribution in [0.5, 0.6) is 0 Å². The van der Waals surface area contributed by atoms with Crippen LogP contribution in [-0.4, -0.2) is 18.0 Å². The van der Waals surface area contributed by atoms with Gasteiger partial charge in [0.1, 0.15) is 5.82 Å². The molecule has 1 aliphatic heterocycles. The Kier molecular flexibility index (Phi) is 3.48. The lowest BCUT2D eigenvalue weighted by molar-refractivity contribution is -0.137. The number of halogens is 4. The molecule has 1 aromatic carbocycles. The van der Waals surface area contributed by atoms with E-state index in [0.717, 1.165) is 44.8 Å². The molecule has 110 valence electrons. The molecule has 20 heavy (non-hydrogen) atoms. The number of benzene rings is 1. The summed E-state index contributed by atoms with van der Waals surface area (Å²) in [4.78, 5) is 2.23. The van der Waals surface area contributed by atoms with Gasteiger partial charge in [0.25, 0.3) is 0 Å². The fourth-order valence-electron chi connectivity index (χ4n) is 3.12. The topological polar surface area (TPSA) is 3.24 Å². The molecule has 0 aromatic heterocycles. The largest absolute Gasteiger partial charge is 0.416 e. The van der Waals surface area contributed by atoms with Crippen molar-refractivity contribution in [2.75, 3.05) is 13.1 Å². The Balaban J connectivity index is 1.91. The fourth-order valence-corrected chi connectivity index (χ4v) is 3.12. The highest BCUT2D eigenvalue weighted by Crippen LogP contribution is 2.46. The highest BCUT2D eigenvalue weighted by atomic mass is 19.4. The van der Waals surface area contributed by atoms with Crippen LogP contribution in [0.15, 0.2) is 18.2 Å². The quantitative estimate of drug-likeness (QED) is 0.745. The van der Waals surface area contributed by atoms with Crippen molar-refractivity contribution in [3.8, 4) is 0 Å². The summed E-state index contributed by atoms with van der Waals surface area (Å²) in [7, 11) is 0. The average Bonchev–Trinajstić information content (AvgIpc) is 3.05. The molecule has 3 rings (SSSR count). The molecule has 1 aromatic rings. The van der Waals surface area contributed by atoms with Gasteiger partial charge in [-0.1, -0.05) is 6.07 Å². The van der Waals surface area contributed by atoms with Crippen LogP contribution in [-0.2, 0) is 6.18 Å². The highest BCUT2D eigenvalue weighted by Gasteiger charge is 2.39. The monoisotopic (exact) mass is 287 g/mol. The van der Waals surface area contributed by atoms with Crippen molar-refractivity contribution < 1.29 is 17.6 Å².